The molecule has 0 fully saturated rings. The van der Waals surface area contributed by atoms with E-state index in [1.54, 1.807) is 23.7 Å². The van der Waals surface area contributed by atoms with Gasteiger partial charge in [0.2, 0.25) is 0 Å². The van der Waals surface area contributed by atoms with Crippen LogP contribution in [0.4, 0.5) is 0 Å². The van der Waals surface area contributed by atoms with Crippen LogP contribution >= 0.6 is 0 Å². The Balaban J connectivity index is 0.000000952. The summed E-state index contributed by atoms with van der Waals surface area (Å²) in [4.78, 5) is 0. The largest absolute Gasteiger partial charge is 0.494 e. The van der Waals surface area contributed by atoms with Crippen LogP contribution in [0.25, 0.3) is 11.1 Å². The van der Waals surface area contributed by atoms with Crippen LogP contribution in [-0.4, -0.2) is 22.9 Å². The van der Waals surface area contributed by atoms with Gasteiger partial charge in [-0.1, -0.05) is 34.1 Å². The quantitative estimate of drug-likeness (QED) is 0.831. The van der Waals surface area contributed by atoms with E-state index in [-0.39, 0.29) is 0 Å². The average molecular weight is 329 g/mol. The molecule has 0 aliphatic heterocycles. The smallest absolute Gasteiger partial charge is 0.146 e. The molecule has 0 spiro atoms. The molecule has 2 heterocycles. The third kappa shape index (κ3) is 4.85. The molecule has 6 heteroatoms. The highest BCUT2D eigenvalue weighted by molar-refractivity contribution is 6.09. The van der Waals surface area contributed by atoms with Gasteiger partial charge in [0.25, 0.3) is 0 Å². The van der Waals surface area contributed by atoms with Gasteiger partial charge < -0.3 is 15.9 Å². The summed E-state index contributed by atoms with van der Waals surface area (Å²) in [6, 6.07) is 3.81. The third-order valence-electron chi connectivity index (χ3n) is 2.80. The van der Waals surface area contributed by atoms with Crippen LogP contribution in [0.2, 0.25) is 0 Å². The molecule has 2 rings (SSSR count). The first kappa shape index (κ1) is 21.2. The predicted molar refractivity (Wildman–Crippen MR) is 99.3 cm³/mol. The number of aromatic nitrogens is 2. The van der Waals surface area contributed by atoms with Gasteiger partial charge in [0.05, 0.1) is 13.3 Å². The van der Waals surface area contributed by atoms with E-state index in [1.807, 2.05) is 13.8 Å². The number of methoxy groups -OCH3 is 1. The molecule has 0 amide bonds. The Morgan fingerprint density at radius 1 is 1.46 bits per heavy atom. The Bertz CT molecular complexity index is 734. The van der Waals surface area contributed by atoms with Crippen LogP contribution in [0.15, 0.2) is 24.2 Å². The van der Waals surface area contributed by atoms with Gasteiger partial charge in [-0.05, 0) is 13.0 Å². The van der Waals surface area contributed by atoms with Crippen molar-refractivity contribution in [2.45, 2.75) is 41.0 Å². The summed E-state index contributed by atoms with van der Waals surface area (Å²) >= 11 is 0. The van der Waals surface area contributed by atoms with Crippen molar-refractivity contribution in [3.63, 3.8) is 0 Å². The Kier molecular flexibility index (Phi) is 9.57. The fourth-order valence-corrected chi connectivity index (χ4v) is 1.89. The molecule has 0 bridgehead atoms. The molecule has 2 aromatic heterocycles. The molecule has 0 atom stereocenters. The first-order chi connectivity index (χ1) is 11.5. The number of hydrogen-bond acceptors (Lipinski definition) is 5. The summed E-state index contributed by atoms with van der Waals surface area (Å²) in [5.74, 6) is 0.521. The Labute approximate surface area is 144 Å². The SMILES string of the molecule is CC.CCC.COc1cc(/C(C=N)=C(\C)N)cn2ncc(C#N)c12. The lowest BCUT2D eigenvalue weighted by Gasteiger charge is -2.09. The van der Waals surface area contributed by atoms with E-state index < -0.39 is 0 Å². The molecule has 3 N–H and O–H groups in total. The molecule has 6 nitrogen and oxygen atoms in total. The van der Waals surface area contributed by atoms with Gasteiger partial charge in [-0.25, -0.2) is 4.52 Å². The monoisotopic (exact) mass is 329 g/mol. The maximum Gasteiger partial charge on any atom is 0.146 e. The lowest BCUT2D eigenvalue weighted by atomic mass is 10.1. The topological polar surface area (TPSA) is 100 Å². The molecule has 0 saturated heterocycles. The van der Waals surface area contributed by atoms with Crippen molar-refractivity contribution in [1.29, 1.82) is 10.7 Å². The number of rotatable bonds is 3. The van der Waals surface area contributed by atoms with E-state index in [0.29, 0.717) is 33.7 Å². The summed E-state index contributed by atoms with van der Waals surface area (Å²) in [6.45, 7) is 9.97. The number of pyridine rings is 1. The zero-order valence-electron chi connectivity index (χ0n) is 15.3. The van der Waals surface area contributed by atoms with Gasteiger partial charge in [-0.15, -0.1) is 0 Å². The Morgan fingerprint density at radius 2 is 2.04 bits per heavy atom. The Morgan fingerprint density at radius 3 is 2.46 bits per heavy atom. The zero-order chi connectivity index (χ0) is 18.7. The van der Waals surface area contributed by atoms with Gasteiger partial charge in [0, 0.05) is 29.2 Å². The van der Waals surface area contributed by atoms with Gasteiger partial charge >= 0.3 is 0 Å². The van der Waals surface area contributed by atoms with Crippen LogP contribution in [-0.2, 0) is 0 Å². The van der Waals surface area contributed by atoms with Crippen molar-refractivity contribution < 1.29 is 4.74 Å². The summed E-state index contributed by atoms with van der Waals surface area (Å²) in [5, 5.41) is 20.6. The van der Waals surface area contributed by atoms with Gasteiger partial charge in [0.1, 0.15) is 22.9 Å². The second kappa shape index (κ2) is 10.8. The Hall–Kier alpha value is -2.81. The highest BCUT2D eigenvalue weighted by atomic mass is 16.5. The molecule has 0 aliphatic carbocycles. The van der Waals surface area contributed by atoms with Crippen LogP contribution in [0, 0.1) is 16.7 Å². The molecule has 0 saturated carbocycles. The second-order valence-corrected chi connectivity index (χ2v) is 4.71. The van der Waals surface area contributed by atoms with E-state index in [0.717, 1.165) is 0 Å². The summed E-state index contributed by atoms with van der Waals surface area (Å²) in [5.41, 5.74) is 8.63. The molecular weight excluding hydrogens is 302 g/mol. The zero-order valence-corrected chi connectivity index (χ0v) is 15.3. The number of nitrogens with two attached hydrogens (primary N) is 1. The first-order valence-corrected chi connectivity index (χ1v) is 7.96. The van der Waals surface area contributed by atoms with Crippen molar-refractivity contribution in [2.24, 2.45) is 5.73 Å². The van der Waals surface area contributed by atoms with E-state index >= 15 is 0 Å². The minimum absolute atomic E-state index is 0.438. The molecule has 0 aromatic carbocycles. The molecule has 24 heavy (non-hydrogen) atoms. The number of fused-ring (bicyclic) bond motifs is 1. The molecule has 0 radical (unpaired) electrons. The highest BCUT2D eigenvalue weighted by Gasteiger charge is 2.13. The minimum atomic E-state index is 0.438. The molecule has 0 aliphatic rings. The van der Waals surface area contributed by atoms with Crippen molar-refractivity contribution in [1.82, 2.24) is 9.61 Å². The lowest BCUT2D eigenvalue weighted by molar-refractivity contribution is 0.417. The molecule has 0 unspecified atom stereocenters. The molecular formula is C18H27N5O. The second-order valence-electron chi connectivity index (χ2n) is 4.71. The number of ether oxygens (including phenoxy) is 1. The summed E-state index contributed by atoms with van der Waals surface area (Å²) in [7, 11) is 1.52. The lowest BCUT2D eigenvalue weighted by Crippen LogP contribution is -2.02. The normalized spacial score (nSPS) is 10.4. The number of nitrogens with one attached hydrogen (secondary N) is 1. The standard InChI is InChI=1S/C13H13N5O.C3H8.C2H6/c1-8(16)11(5-15)9-3-12(19-2)13-10(4-14)6-17-18(13)7-9;1-3-2;1-2/h3,5-7,15H,16H2,1-2H3;3H2,1-2H3;1-2H3/b11-8+,15-5?;;. The first-order valence-electron chi connectivity index (χ1n) is 7.96. The fraction of sp³-hybridized carbons (Fsp3) is 0.389. The fourth-order valence-electron chi connectivity index (χ4n) is 1.89. The summed E-state index contributed by atoms with van der Waals surface area (Å²) in [6.07, 6.45) is 5.63. The van der Waals surface area contributed by atoms with Gasteiger partial charge in [0.15, 0.2) is 0 Å². The van der Waals surface area contributed by atoms with Crippen LogP contribution in [0.5, 0.6) is 5.75 Å². The van der Waals surface area contributed by atoms with E-state index in [9.17, 15) is 0 Å². The average Bonchev–Trinajstić information content (AvgIpc) is 3.00. The number of hydrogen-bond donors (Lipinski definition) is 2. The van der Waals surface area contributed by atoms with E-state index in [1.165, 1.54) is 25.9 Å². The van der Waals surface area contributed by atoms with Crippen LogP contribution in [0.3, 0.4) is 0 Å². The van der Waals surface area contributed by atoms with Crippen molar-refractivity contribution in [3.8, 4) is 11.8 Å². The summed E-state index contributed by atoms with van der Waals surface area (Å²) < 4.78 is 6.85. The van der Waals surface area contributed by atoms with Crippen molar-refractivity contribution >= 4 is 17.3 Å². The van der Waals surface area contributed by atoms with Gasteiger partial charge in [-0.2, -0.15) is 10.4 Å². The maximum absolute atomic E-state index is 9.03. The van der Waals surface area contributed by atoms with E-state index in [2.05, 4.69) is 25.0 Å². The van der Waals surface area contributed by atoms with Crippen LogP contribution < -0.4 is 10.5 Å². The predicted octanol–water partition coefficient (Wildman–Crippen LogP) is 4.00. The van der Waals surface area contributed by atoms with Crippen molar-refractivity contribution in [3.05, 3.63) is 35.3 Å². The molecule has 2 aromatic rings. The van der Waals surface area contributed by atoms with E-state index in [4.69, 9.17) is 21.1 Å². The highest BCUT2D eigenvalue weighted by Crippen LogP contribution is 2.27. The number of nitrogens with zero attached hydrogens (tertiary/aromatic N) is 3. The minimum Gasteiger partial charge on any atom is -0.494 e. The maximum atomic E-state index is 9.03. The van der Waals surface area contributed by atoms with Crippen molar-refractivity contribution in [2.75, 3.05) is 7.11 Å². The molecule has 130 valence electrons. The van der Waals surface area contributed by atoms with Crippen LogP contribution in [0.1, 0.15) is 52.2 Å². The number of allylic oxidation sites excluding steroid dienone is 2. The number of nitriles is 1. The third-order valence-corrected chi connectivity index (χ3v) is 2.80. The van der Waals surface area contributed by atoms with Gasteiger partial charge in [-0.3, -0.25) is 0 Å².